The Bertz CT molecular complexity index is 417. The molecule has 1 spiro atoms. The Morgan fingerprint density at radius 2 is 1.65 bits per heavy atom. The predicted molar refractivity (Wildman–Crippen MR) is 86.2 cm³/mol. The number of piperidine rings is 1. The van der Waals surface area contributed by atoms with Gasteiger partial charge in [0.15, 0.2) is 5.79 Å². The summed E-state index contributed by atoms with van der Waals surface area (Å²) in [6.45, 7) is 5.24. The van der Waals surface area contributed by atoms with Gasteiger partial charge in [0, 0.05) is 51.1 Å². The Labute approximate surface area is 138 Å². The average molecular weight is 323 g/mol. The molecule has 23 heavy (non-hydrogen) atoms. The molecule has 6 heteroatoms. The molecular formula is C17H29N3O3. The van der Waals surface area contributed by atoms with Gasteiger partial charge in [0.25, 0.3) is 0 Å². The molecular weight excluding hydrogens is 294 g/mol. The highest BCUT2D eigenvalue weighted by Crippen LogP contribution is 2.33. The van der Waals surface area contributed by atoms with Gasteiger partial charge in [-0.25, -0.2) is 4.79 Å². The first-order valence-corrected chi connectivity index (χ1v) is 9.32. The third kappa shape index (κ3) is 3.35. The van der Waals surface area contributed by atoms with Crippen molar-refractivity contribution < 1.29 is 14.3 Å². The number of carbonyl (C=O) groups is 1. The van der Waals surface area contributed by atoms with Crippen LogP contribution in [0.2, 0.25) is 0 Å². The fourth-order valence-corrected chi connectivity index (χ4v) is 4.38. The Kier molecular flexibility index (Phi) is 4.48. The van der Waals surface area contributed by atoms with Gasteiger partial charge < -0.3 is 19.7 Å². The molecule has 3 heterocycles. The molecule has 4 rings (SSSR count). The Morgan fingerprint density at radius 3 is 2.30 bits per heavy atom. The van der Waals surface area contributed by atoms with Crippen LogP contribution in [0.1, 0.15) is 44.9 Å². The van der Waals surface area contributed by atoms with Crippen molar-refractivity contribution in [2.45, 2.75) is 62.8 Å². The maximum absolute atomic E-state index is 12.3. The number of nitrogens with one attached hydrogen (secondary N) is 1. The van der Waals surface area contributed by atoms with Crippen LogP contribution >= 0.6 is 0 Å². The first kappa shape index (κ1) is 15.7. The SMILES string of the molecule is O=C(NC1CCCCC1)N1CC(N2CCC3(CC2)OCCO3)C1. The number of urea groups is 1. The number of amides is 2. The minimum atomic E-state index is -0.293. The summed E-state index contributed by atoms with van der Waals surface area (Å²) in [6.07, 6.45) is 8.05. The standard InChI is InChI=1S/C17H29N3O3/c21-16(18-14-4-2-1-3-5-14)20-12-15(13-20)19-8-6-17(7-9-19)22-10-11-23-17/h14-15H,1-13H2,(H,18,21). The second kappa shape index (κ2) is 6.57. The zero-order valence-corrected chi connectivity index (χ0v) is 14.0. The summed E-state index contributed by atoms with van der Waals surface area (Å²) >= 11 is 0. The molecule has 4 fully saturated rings. The monoisotopic (exact) mass is 323 g/mol. The van der Waals surface area contributed by atoms with Crippen molar-refractivity contribution in [2.24, 2.45) is 0 Å². The highest BCUT2D eigenvalue weighted by Gasteiger charge is 2.43. The molecule has 0 radical (unpaired) electrons. The van der Waals surface area contributed by atoms with Crippen molar-refractivity contribution in [3.63, 3.8) is 0 Å². The quantitative estimate of drug-likeness (QED) is 0.838. The Hall–Kier alpha value is -0.850. The highest BCUT2D eigenvalue weighted by atomic mass is 16.7. The van der Waals surface area contributed by atoms with E-state index in [2.05, 4.69) is 10.2 Å². The largest absolute Gasteiger partial charge is 0.347 e. The van der Waals surface area contributed by atoms with Gasteiger partial charge in [-0.1, -0.05) is 19.3 Å². The van der Waals surface area contributed by atoms with E-state index in [-0.39, 0.29) is 11.8 Å². The van der Waals surface area contributed by atoms with Crippen LogP contribution in [0.5, 0.6) is 0 Å². The van der Waals surface area contributed by atoms with E-state index in [1.807, 2.05) is 4.90 Å². The summed E-state index contributed by atoms with van der Waals surface area (Å²) in [5, 5.41) is 3.21. The topological polar surface area (TPSA) is 54.0 Å². The Balaban J connectivity index is 1.19. The molecule has 6 nitrogen and oxygen atoms in total. The van der Waals surface area contributed by atoms with Crippen molar-refractivity contribution in [1.29, 1.82) is 0 Å². The Morgan fingerprint density at radius 1 is 1.00 bits per heavy atom. The maximum atomic E-state index is 12.3. The molecule has 0 aromatic heterocycles. The van der Waals surface area contributed by atoms with Crippen molar-refractivity contribution in [2.75, 3.05) is 39.4 Å². The zero-order chi connectivity index (χ0) is 15.7. The van der Waals surface area contributed by atoms with Gasteiger partial charge in [-0.05, 0) is 12.8 Å². The first-order chi connectivity index (χ1) is 11.2. The van der Waals surface area contributed by atoms with Crippen molar-refractivity contribution >= 4 is 6.03 Å². The summed E-state index contributed by atoms with van der Waals surface area (Å²) in [5.41, 5.74) is 0. The van der Waals surface area contributed by atoms with Crippen molar-refractivity contribution in [3.8, 4) is 0 Å². The van der Waals surface area contributed by atoms with Crippen molar-refractivity contribution in [1.82, 2.24) is 15.1 Å². The maximum Gasteiger partial charge on any atom is 0.317 e. The molecule has 2 amide bonds. The highest BCUT2D eigenvalue weighted by molar-refractivity contribution is 5.75. The van der Waals surface area contributed by atoms with Gasteiger partial charge in [0.1, 0.15) is 0 Å². The number of rotatable bonds is 2. The van der Waals surface area contributed by atoms with E-state index in [0.29, 0.717) is 12.1 Å². The van der Waals surface area contributed by atoms with E-state index in [4.69, 9.17) is 9.47 Å². The summed E-state index contributed by atoms with van der Waals surface area (Å²) in [6, 6.07) is 1.07. The van der Waals surface area contributed by atoms with E-state index in [1.54, 1.807) is 0 Å². The van der Waals surface area contributed by atoms with E-state index < -0.39 is 0 Å². The summed E-state index contributed by atoms with van der Waals surface area (Å²) < 4.78 is 11.6. The number of hydrogen-bond acceptors (Lipinski definition) is 4. The fourth-order valence-electron chi connectivity index (χ4n) is 4.38. The lowest BCUT2D eigenvalue weighted by Gasteiger charge is -2.49. The third-order valence-corrected chi connectivity index (χ3v) is 5.97. The average Bonchev–Trinajstić information content (AvgIpc) is 2.97. The number of nitrogens with zero attached hydrogens (tertiary/aromatic N) is 2. The van der Waals surface area contributed by atoms with E-state index in [1.165, 1.54) is 19.3 Å². The lowest BCUT2D eigenvalue weighted by Crippen LogP contribution is -2.65. The van der Waals surface area contributed by atoms with Crippen LogP contribution in [-0.2, 0) is 9.47 Å². The van der Waals surface area contributed by atoms with Crippen LogP contribution in [-0.4, -0.2) is 73.1 Å². The van der Waals surface area contributed by atoms with Crippen LogP contribution in [0.4, 0.5) is 4.79 Å². The van der Waals surface area contributed by atoms with Gasteiger partial charge in [-0.15, -0.1) is 0 Å². The molecule has 0 atom stereocenters. The molecule has 130 valence electrons. The molecule has 3 saturated heterocycles. The molecule has 0 bridgehead atoms. The lowest BCUT2D eigenvalue weighted by atomic mass is 9.95. The van der Waals surface area contributed by atoms with Gasteiger partial charge in [0.2, 0.25) is 0 Å². The molecule has 3 aliphatic heterocycles. The van der Waals surface area contributed by atoms with Crippen LogP contribution in [0.25, 0.3) is 0 Å². The number of ether oxygens (including phenoxy) is 2. The molecule has 1 aliphatic carbocycles. The summed E-state index contributed by atoms with van der Waals surface area (Å²) in [4.78, 5) is 16.7. The third-order valence-electron chi connectivity index (χ3n) is 5.97. The summed E-state index contributed by atoms with van der Waals surface area (Å²) in [5.74, 6) is -0.293. The second-order valence-electron chi connectivity index (χ2n) is 7.49. The van der Waals surface area contributed by atoms with Gasteiger partial charge in [-0.3, -0.25) is 4.90 Å². The first-order valence-electron chi connectivity index (χ1n) is 9.32. The molecule has 0 unspecified atom stereocenters. The molecule has 0 aromatic rings. The number of hydrogen-bond donors (Lipinski definition) is 1. The van der Waals surface area contributed by atoms with Crippen LogP contribution < -0.4 is 5.32 Å². The molecule has 4 aliphatic rings. The summed E-state index contributed by atoms with van der Waals surface area (Å²) in [7, 11) is 0. The smallest absolute Gasteiger partial charge is 0.317 e. The van der Waals surface area contributed by atoms with E-state index in [0.717, 1.165) is 65.1 Å². The second-order valence-corrected chi connectivity index (χ2v) is 7.49. The van der Waals surface area contributed by atoms with E-state index in [9.17, 15) is 4.79 Å². The van der Waals surface area contributed by atoms with Gasteiger partial charge in [0.05, 0.1) is 13.2 Å². The van der Waals surface area contributed by atoms with Gasteiger partial charge >= 0.3 is 6.03 Å². The minimum absolute atomic E-state index is 0.143. The molecule has 0 aromatic carbocycles. The number of carbonyl (C=O) groups excluding carboxylic acids is 1. The van der Waals surface area contributed by atoms with Crippen molar-refractivity contribution in [3.05, 3.63) is 0 Å². The minimum Gasteiger partial charge on any atom is -0.347 e. The van der Waals surface area contributed by atoms with E-state index >= 15 is 0 Å². The fraction of sp³-hybridized carbons (Fsp3) is 0.941. The molecule has 1 saturated carbocycles. The van der Waals surface area contributed by atoms with Crippen LogP contribution in [0, 0.1) is 0 Å². The van der Waals surface area contributed by atoms with Crippen LogP contribution in [0.3, 0.4) is 0 Å². The van der Waals surface area contributed by atoms with Gasteiger partial charge in [-0.2, -0.15) is 0 Å². The molecule has 1 N–H and O–H groups in total. The number of likely N-dealkylation sites (tertiary alicyclic amines) is 2. The zero-order valence-electron chi connectivity index (χ0n) is 14.0. The van der Waals surface area contributed by atoms with Crippen LogP contribution in [0.15, 0.2) is 0 Å². The normalized spacial score (nSPS) is 29.7. The predicted octanol–water partition coefficient (Wildman–Crippen LogP) is 1.55. The lowest BCUT2D eigenvalue weighted by molar-refractivity contribution is -0.190.